The molecule has 1 saturated carbocycles. The van der Waals surface area contributed by atoms with Gasteiger partial charge in [0.25, 0.3) is 0 Å². The van der Waals surface area contributed by atoms with E-state index in [2.05, 4.69) is 10.3 Å². The minimum atomic E-state index is -0.0655. The fourth-order valence-electron chi connectivity index (χ4n) is 3.47. The quantitative estimate of drug-likeness (QED) is 0.888. The molecule has 0 saturated heterocycles. The van der Waals surface area contributed by atoms with Crippen molar-refractivity contribution >= 4 is 0 Å². The first-order valence-electron chi connectivity index (χ1n) is 8.50. The molecule has 1 fully saturated rings. The van der Waals surface area contributed by atoms with E-state index in [-0.39, 0.29) is 6.61 Å². The Morgan fingerprint density at radius 2 is 2.09 bits per heavy atom. The molecule has 23 heavy (non-hydrogen) atoms. The monoisotopic (exact) mass is 315 g/mol. The van der Waals surface area contributed by atoms with E-state index in [4.69, 9.17) is 4.74 Å². The van der Waals surface area contributed by atoms with Crippen LogP contribution in [0, 0.1) is 5.92 Å². The molecule has 5 heteroatoms. The van der Waals surface area contributed by atoms with Gasteiger partial charge in [0.05, 0.1) is 25.1 Å². The second-order valence-corrected chi connectivity index (χ2v) is 6.30. The van der Waals surface area contributed by atoms with E-state index in [1.807, 2.05) is 28.9 Å². The number of hydrogen-bond donors (Lipinski definition) is 1. The molecule has 1 N–H and O–H groups in total. The average molecular weight is 315 g/mol. The van der Waals surface area contributed by atoms with Crippen LogP contribution in [0.2, 0.25) is 0 Å². The molecule has 2 aromatic rings. The minimum Gasteiger partial charge on any atom is -0.497 e. The molecule has 0 amide bonds. The number of aliphatic hydroxyl groups excluding tert-OH is 1. The van der Waals surface area contributed by atoms with Crippen molar-refractivity contribution in [1.29, 1.82) is 0 Å². The molecular formula is C18H25N3O2. The Hall–Kier alpha value is -1.88. The van der Waals surface area contributed by atoms with Gasteiger partial charge in [-0.2, -0.15) is 0 Å². The molecule has 1 aliphatic carbocycles. The summed E-state index contributed by atoms with van der Waals surface area (Å²) in [7, 11) is 1.66. The highest BCUT2D eigenvalue weighted by atomic mass is 16.5. The lowest BCUT2D eigenvalue weighted by molar-refractivity contribution is 0.274. The number of ether oxygens (including phenoxy) is 1. The highest BCUT2D eigenvalue weighted by Gasteiger charge is 2.18. The Labute approximate surface area is 137 Å². The van der Waals surface area contributed by atoms with Crippen LogP contribution in [-0.4, -0.2) is 27.2 Å². The Bertz CT molecular complexity index is 633. The van der Waals surface area contributed by atoms with E-state index in [1.54, 1.807) is 7.11 Å². The number of aliphatic hydroxyl groups is 1. The molecule has 0 bridgehead atoms. The lowest BCUT2D eigenvalue weighted by Gasteiger charge is -2.21. The Kier molecular flexibility index (Phi) is 5.28. The van der Waals surface area contributed by atoms with Crippen molar-refractivity contribution in [2.24, 2.45) is 5.92 Å². The molecule has 1 heterocycles. The minimum absolute atomic E-state index is 0.0655. The van der Waals surface area contributed by atoms with Crippen molar-refractivity contribution in [1.82, 2.24) is 15.0 Å². The molecule has 0 spiro atoms. The van der Waals surface area contributed by atoms with E-state index < -0.39 is 0 Å². The van der Waals surface area contributed by atoms with Gasteiger partial charge in [-0.05, 0) is 30.9 Å². The summed E-state index contributed by atoms with van der Waals surface area (Å²) in [6, 6.07) is 7.79. The molecule has 1 aliphatic rings. The topological polar surface area (TPSA) is 60.2 Å². The van der Waals surface area contributed by atoms with Gasteiger partial charge >= 0.3 is 0 Å². The summed E-state index contributed by atoms with van der Waals surface area (Å²) in [5.74, 6) is 1.59. The van der Waals surface area contributed by atoms with E-state index >= 15 is 0 Å². The molecule has 124 valence electrons. The molecule has 0 atom stereocenters. The van der Waals surface area contributed by atoms with Crippen LogP contribution in [0.4, 0.5) is 0 Å². The summed E-state index contributed by atoms with van der Waals surface area (Å²) >= 11 is 0. The Morgan fingerprint density at radius 1 is 1.26 bits per heavy atom. The second-order valence-electron chi connectivity index (χ2n) is 6.30. The first-order chi connectivity index (χ1) is 11.3. The van der Waals surface area contributed by atoms with Crippen molar-refractivity contribution < 1.29 is 9.84 Å². The highest BCUT2D eigenvalue weighted by molar-refractivity contribution is 5.40. The van der Waals surface area contributed by atoms with Crippen LogP contribution in [0.25, 0.3) is 5.69 Å². The van der Waals surface area contributed by atoms with Gasteiger partial charge in [0.2, 0.25) is 0 Å². The number of benzene rings is 1. The second kappa shape index (κ2) is 7.59. The fraction of sp³-hybridized carbons (Fsp3) is 0.556. The zero-order valence-electron chi connectivity index (χ0n) is 13.7. The lowest BCUT2D eigenvalue weighted by Crippen LogP contribution is -2.10. The fourth-order valence-corrected chi connectivity index (χ4v) is 3.47. The van der Waals surface area contributed by atoms with Gasteiger partial charge in [0.1, 0.15) is 11.4 Å². The summed E-state index contributed by atoms with van der Waals surface area (Å²) in [5, 5.41) is 18.0. The highest BCUT2D eigenvalue weighted by Crippen LogP contribution is 2.28. The molecule has 0 unspecified atom stereocenters. The summed E-state index contributed by atoms with van der Waals surface area (Å²) in [6.07, 6.45) is 8.79. The predicted molar refractivity (Wildman–Crippen MR) is 88.7 cm³/mol. The van der Waals surface area contributed by atoms with Gasteiger partial charge in [-0.15, -0.1) is 5.10 Å². The third-order valence-electron chi connectivity index (χ3n) is 4.81. The normalized spacial score (nSPS) is 15.7. The SMILES string of the molecule is COc1cccc(-n2nnc(CO)c2CCC2CCCCC2)c1. The van der Waals surface area contributed by atoms with Gasteiger partial charge < -0.3 is 9.84 Å². The molecule has 1 aromatic heterocycles. The number of nitrogens with zero attached hydrogens (tertiary/aromatic N) is 3. The maximum atomic E-state index is 9.58. The van der Waals surface area contributed by atoms with E-state index in [0.717, 1.165) is 35.9 Å². The van der Waals surface area contributed by atoms with Gasteiger partial charge in [0, 0.05) is 6.07 Å². The maximum absolute atomic E-state index is 9.58. The van der Waals surface area contributed by atoms with Crippen molar-refractivity contribution in [2.45, 2.75) is 51.6 Å². The Balaban J connectivity index is 1.81. The van der Waals surface area contributed by atoms with Crippen LogP contribution < -0.4 is 4.74 Å². The van der Waals surface area contributed by atoms with E-state index in [0.29, 0.717) is 5.69 Å². The van der Waals surface area contributed by atoms with Crippen LogP contribution in [0.15, 0.2) is 24.3 Å². The van der Waals surface area contributed by atoms with Crippen LogP contribution >= 0.6 is 0 Å². The predicted octanol–water partition coefficient (Wildman–Crippen LogP) is 3.28. The third-order valence-corrected chi connectivity index (χ3v) is 4.81. The number of rotatable bonds is 6. The van der Waals surface area contributed by atoms with Gasteiger partial charge in [-0.3, -0.25) is 0 Å². The zero-order chi connectivity index (χ0) is 16.1. The summed E-state index contributed by atoms with van der Waals surface area (Å²) < 4.78 is 7.14. The van der Waals surface area contributed by atoms with Crippen LogP contribution in [0.1, 0.15) is 49.9 Å². The van der Waals surface area contributed by atoms with E-state index in [9.17, 15) is 5.11 Å². The molecule has 0 aliphatic heterocycles. The standard InChI is InChI=1S/C18H25N3O2/c1-23-16-9-5-8-15(12-16)21-18(17(13-22)19-20-21)11-10-14-6-3-2-4-7-14/h5,8-9,12,14,22H,2-4,6-7,10-11,13H2,1H3. The number of hydrogen-bond acceptors (Lipinski definition) is 4. The summed E-state index contributed by atoms with van der Waals surface area (Å²) in [4.78, 5) is 0. The number of aromatic nitrogens is 3. The molecule has 3 rings (SSSR count). The van der Waals surface area contributed by atoms with Gasteiger partial charge in [0.15, 0.2) is 0 Å². The van der Waals surface area contributed by atoms with Gasteiger partial charge in [-0.25, -0.2) is 4.68 Å². The number of methoxy groups -OCH3 is 1. The van der Waals surface area contributed by atoms with Crippen LogP contribution in [0.5, 0.6) is 5.75 Å². The lowest BCUT2D eigenvalue weighted by atomic mass is 9.85. The molecule has 1 aromatic carbocycles. The van der Waals surface area contributed by atoms with Crippen molar-refractivity contribution in [2.75, 3.05) is 7.11 Å². The zero-order valence-corrected chi connectivity index (χ0v) is 13.7. The van der Waals surface area contributed by atoms with Crippen molar-refractivity contribution in [3.63, 3.8) is 0 Å². The van der Waals surface area contributed by atoms with Crippen LogP contribution in [-0.2, 0) is 13.0 Å². The molecule has 0 radical (unpaired) electrons. The van der Waals surface area contributed by atoms with E-state index in [1.165, 1.54) is 32.1 Å². The maximum Gasteiger partial charge on any atom is 0.121 e. The average Bonchev–Trinajstić information content (AvgIpc) is 3.04. The largest absolute Gasteiger partial charge is 0.497 e. The molecular weight excluding hydrogens is 290 g/mol. The van der Waals surface area contributed by atoms with Crippen molar-refractivity contribution in [3.8, 4) is 11.4 Å². The Morgan fingerprint density at radius 3 is 2.83 bits per heavy atom. The first kappa shape index (κ1) is 16.0. The van der Waals surface area contributed by atoms with Gasteiger partial charge in [-0.1, -0.05) is 43.4 Å². The molecule has 5 nitrogen and oxygen atoms in total. The van der Waals surface area contributed by atoms with Crippen LogP contribution in [0.3, 0.4) is 0 Å². The smallest absolute Gasteiger partial charge is 0.121 e. The first-order valence-corrected chi connectivity index (χ1v) is 8.50. The van der Waals surface area contributed by atoms with Crippen molar-refractivity contribution in [3.05, 3.63) is 35.7 Å². The third kappa shape index (κ3) is 3.72. The summed E-state index contributed by atoms with van der Waals surface area (Å²) in [6.45, 7) is -0.0655. The summed E-state index contributed by atoms with van der Waals surface area (Å²) in [5.41, 5.74) is 2.63.